The first-order chi connectivity index (χ1) is 6.49. The first kappa shape index (κ1) is 9.69. The molecular formula is C12H16O2. The number of hydrogen-bond donors (Lipinski definition) is 1. The van der Waals surface area contributed by atoms with Gasteiger partial charge in [0.2, 0.25) is 0 Å². The van der Waals surface area contributed by atoms with Gasteiger partial charge in [-0.15, -0.1) is 0 Å². The summed E-state index contributed by atoms with van der Waals surface area (Å²) in [5, 5.41) is 9.00. The molecule has 1 aliphatic carbocycles. The lowest BCUT2D eigenvalue weighted by Gasteiger charge is -2.23. The quantitative estimate of drug-likeness (QED) is 0.547. The Morgan fingerprint density at radius 3 is 2.29 bits per heavy atom. The van der Waals surface area contributed by atoms with Crippen LogP contribution >= 0.6 is 0 Å². The minimum absolute atomic E-state index is 0.0775. The number of hydrogen-bond acceptors (Lipinski definition) is 2. The average Bonchev–Trinajstić information content (AvgIpc) is 2.37. The lowest BCUT2D eigenvalue weighted by Crippen LogP contribution is -2.24. The van der Waals surface area contributed by atoms with Crippen LogP contribution in [0.15, 0.2) is 24.3 Å². The molecule has 1 atom stereocenters. The molecule has 2 nitrogen and oxygen atoms in total. The molecule has 0 spiro atoms. The average molecular weight is 192 g/mol. The second-order valence-corrected chi connectivity index (χ2v) is 4.93. The van der Waals surface area contributed by atoms with Gasteiger partial charge in [-0.3, -0.25) is 5.26 Å². The van der Waals surface area contributed by atoms with E-state index in [9.17, 15) is 0 Å². The standard InChI is InChI=1S/C12H16O2/c1-11(2)8-12(3,14-13)10-7-5-4-6-9(10)11/h4-7,13H,8H2,1-3H3. The molecule has 1 aromatic carbocycles. The Hall–Kier alpha value is -0.860. The van der Waals surface area contributed by atoms with Gasteiger partial charge in [0.15, 0.2) is 0 Å². The highest BCUT2D eigenvalue weighted by atomic mass is 17.1. The fraction of sp³-hybridized carbons (Fsp3) is 0.500. The molecular weight excluding hydrogens is 176 g/mol. The zero-order chi connectivity index (χ0) is 10.4. The van der Waals surface area contributed by atoms with Crippen LogP contribution in [-0.2, 0) is 15.9 Å². The Morgan fingerprint density at radius 1 is 1.14 bits per heavy atom. The van der Waals surface area contributed by atoms with Crippen molar-refractivity contribution in [2.75, 3.05) is 0 Å². The van der Waals surface area contributed by atoms with Gasteiger partial charge in [0.25, 0.3) is 0 Å². The molecule has 14 heavy (non-hydrogen) atoms. The highest BCUT2D eigenvalue weighted by molar-refractivity contribution is 5.42. The van der Waals surface area contributed by atoms with E-state index in [1.807, 2.05) is 25.1 Å². The molecule has 0 aromatic heterocycles. The van der Waals surface area contributed by atoms with Gasteiger partial charge < -0.3 is 0 Å². The molecule has 0 radical (unpaired) electrons. The zero-order valence-electron chi connectivity index (χ0n) is 8.87. The Kier molecular flexibility index (Phi) is 1.95. The molecule has 0 heterocycles. The molecule has 1 unspecified atom stereocenters. The smallest absolute Gasteiger partial charge is 0.126 e. The Bertz CT molecular complexity index is 357. The van der Waals surface area contributed by atoms with Crippen LogP contribution < -0.4 is 0 Å². The first-order valence-electron chi connectivity index (χ1n) is 4.92. The lowest BCUT2D eigenvalue weighted by atomic mass is 9.86. The van der Waals surface area contributed by atoms with Gasteiger partial charge in [0, 0.05) is 0 Å². The van der Waals surface area contributed by atoms with E-state index in [4.69, 9.17) is 5.26 Å². The topological polar surface area (TPSA) is 29.5 Å². The molecule has 1 aromatic rings. The molecule has 1 N–H and O–H groups in total. The third-order valence-electron chi connectivity index (χ3n) is 3.21. The highest BCUT2D eigenvalue weighted by Crippen LogP contribution is 2.49. The van der Waals surface area contributed by atoms with Crippen LogP contribution in [-0.4, -0.2) is 5.26 Å². The maximum Gasteiger partial charge on any atom is 0.126 e. The minimum atomic E-state index is -0.542. The second-order valence-electron chi connectivity index (χ2n) is 4.93. The summed E-state index contributed by atoms with van der Waals surface area (Å²) in [5.41, 5.74) is 1.91. The maximum atomic E-state index is 9.00. The van der Waals surface area contributed by atoms with E-state index in [0.717, 1.165) is 12.0 Å². The third kappa shape index (κ3) is 1.18. The Balaban J connectivity index is 2.60. The molecule has 0 fully saturated rings. The monoisotopic (exact) mass is 192 g/mol. The van der Waals surface area contributed by atoms with Crippen molar-refractivity contribution < 1.29 is 10.1 Å². The minimum Gasteiger partial charge on any atom is -0.251 e. The third-order valence-corrected chi connectivity index (χ3v) is 3.21. The number of fused-ring (bicyclic) bond motifs is 1. The van der Waals surface area contributed by atoms with Crippen LogP contribution in [0.25, 0.3) is 0 Å². The van der Waals surface area contributed by atoms with Crippen molar-refractivity contribution in [3.8, 4) is 0 Å². The van der Waals surface area contributed by atoms with Crippen molar-refractivity contribution in [3.05, 3.63) is 35.4 Å². The van der Waals surface area contributed by atoms with Gasteiger partial charge in [-0.1, -0.05) is 38.1 Å². The summed E-state index contributed by atoms with van der Waals surface area (Å²) in [7, 11) is 0. The van der Waals surface area contributed by atoms with E-state index in [2.05, 4.69) is 24.8 Å². The summed E-state index contributed by atoms with van der Waals surface area (Å²) < 4.78 is 0. The molecule has 76 valence electrons. The lowest BCUT2D eigenvalue weighted by molar-refractivity contribution is -0.325. The summed E-state index contributed by atoms with van der Waals surface area (Å²) in [6.07, 6.45) is 0.815. The van der Waals surface area contributed by atoms with Gasteiger partial charge >= 0.3 is 0 Å². The molecule has 0 saturated heterocycles. The van der Waals surface area contributed by atoms with Crippen LogP contribution in [0.3, 0.4) is 0 Å². The van der Waals surface area contributed by atoms with E-state index < -0.39 is 5.60 Å². The van der Waals surface area contributed by atoms with Gasteiger partial charge in [-0.25, -0.2) is 4.89 Å². The zero-order valence-corrected chi connectivity index (χ0v) is 8.87. The van der Waals surface area contributed by atoms with Crippen molar-refractivity contribution >= 4 is 0 Å². The van der Waals surface area contributed by atoms with Gasteiger partial charge in [0.05, 0.1) is 0 Å². The van der Waals surface area contributed by atoms with E-state index in [1.54, 1.807) is 0 Å². The van der Waals surface area contributed by atoms with Gasteiger partial charge in [-0.05, 0) is 29.9 Å². The molecule has 0 bridgehead atoms. The van der Waals surface area contributed by atoms with Crippen molar-refractivity contribution in [2.24, 2.45) is 0 Å². The SMILES string of the molecule is CC1(C)CC(C)(OO)c2ccccc21. The van der Waals surface area contributed by atoms with E-state index in [1.165, 1.54) is 5.56 Å². The molecule has 0 aliphatic heterocycles. The van der Waals surface area contributed by atoms with E-state index in [-0.39, 0.29) is 5.41 Å². The Labute approximate surface area is 84.5 Å². The fourth-order valence-corrected chi connectivity index (χ4v) is 2.65. The van der Waals surface area contributed by atoms with E-state index in [0.29, 0.717) is 0 Å². The van der Waals surface area contributed by atoms with Crippen molar-refractivity contribution in [1.82, 2.24) is 0 Å². The number of benzene rings is 1. The largest absolute Gasteiger partial charge is 0.251 e. The summed E-state index contributed by atoms with van der Waals surface area (Å²) in [5.74, 6) is 0. The summed E-state index contributed by atoms with van der Waals surface area (Å²) >= 11 is 0. The summed E-state index contributed by atoms with van der Waals surface area (Å²) in [6, 6.07) is 8.15. The molecule has 2 rings (SSSR count). The van der Waals surface area contributed by atoms with Crippen LogP contribution in [0.2, 0.25) is 0 Å². The fourth-order valence-electron chi connectivity index (χ4n) is 2.65. The van der Waals surface area contributed by atoms with Crippen molar-refractivity contribution in [3.63, 3.8) is 0 Å². The summed E-state index contributed by atoms with van der Waals surface area (Å²) in [4.78, 5) is 4.66. The van der Waals surface area contributed by atoms with Gasteiger partial charge in [0.1, 0.15) is 5.60 Å². The number of rotatable bonds is 1. The van der Waals surface area contributed by atoms with Crippen LogP contribution in [0.5, 0.6) is 0 Å². The second kappa shape index (κ2) is 2.81. The Morgan fingerprint density at radius 2 is 1.71 bits per heavy atom. The molecule has 0 amide bonds. The maximum absolute atomic E-state index is 9.00. The predicted octanol–water partition coefficient (Wildman–Crippen LogP) is 3.07. The molecule has 0 saturated carbocycles. The normalized spacial score (nSPS) is 28.9. The van der Waals surface area contributed by atoms with E-state index >= 15 is 0 Å². The molecule has 2 heteroatoms. The first-order valence-corrected chi connectivity index (χ1v) is 4.92. The van der Waals surface area contributed by atoms with Crippen LogP contribution in [0.1, 0.15) is 38.3 Å². The summed E-state index contributed by atoms with van der Waals surface area (Å²) in [6.45, 7) is 6.28. The van der Waals surface area contributed by atoms with Crippen LogP contribution in [0.4, 0.5) is 0 Å². The van der Waals surface area contributed by atoms with Crippen molar-refractivity contribution in [2.45, 2.75) is 38.2 Å². The molecule has 1 aliphatic rings. The van der Waals surface area contributed by atoms with Crippen LogP contribution in [0, 0.1) is 0 Å². The highest BCUT2D eigenvalue weighted by Gasteiger charge is 2.45. The van der Waals surface area contributed by atoms with Crippen molar-refractivity contribution in [1.29, 1.82) is 0 Å². The predicted molar refractivity (Wildman–Crippen MR) is 55.2 cm³/mol. The van der Waals surface area contributed by atoms with Gasteiger partial charge in [-0.2, -0.15) is 0 Å².